The number of nitrogens with zero attached hydrogens (tertiary/aromatic N) is 2. The van der Waals surface area contributed by atoms with Crippen LogP contribution in [0.2, 0.25) is 0 Å². The maximum absolute atomic E-state index is 12.6. The van der Waals surface area contributed by atoms with E-state index in [9.17, 15) is 8.42 Å². The predicted octanol–water partition coefficient (Wildman–Crippen LogP) is 4.05. The Morgan fingerprint density at radius 1 is 1.20 bits per heavy atom. The van der Waals surface area contributed by atoms with Crippen molar-refractivity contribution in [3.05, 3.63) is 29.6 Å². The quantitative estimate of drug-likeness (QED) is 0.788. The Morgan fingerprint density at radius 2 is 1.88 bits per heavy atom. The fourth-order valence-corrected chi connectivity index (χ4v) is 5.10. The van der Waals surface area contributed by atoms with Crippen molar-refractivity contribution in [2.24, 2.45) is 5.92 Å². The summed E-state index contributed by atoms with van der Waals surface area (Å²) in [4.78, 5) is 4.96. The molecule has 1 fully saturated rings. The molecule has 0 aliphatic carbocycles. The van der Waals surface area contributed by atoms with Gasteiger partial charge in [-0.15, -0.1) is 11.3 Å². The molecule has 25 heavy (non-hydrogen) atoms. The van der Waals surface area contributed by atoms with Crippen molar-refractivity contribution < 1.29 is 8.42 Å². The number of nitrogens with one attached hydrogen (secondary N) is 1. The lowest BCUT2D eigenvalue weighted by Gasteiger charge is -2.15. The fraction of sp³-hybridized carbons (Fsp3) is 0.500. The number of hydrogen-bond donors (Lipinski definition) is 1. The Kier molecular flexibility index (Phi) is 5.76. The van der Waals surface area contributed by atoms with Gasteiger partial charge >= 0.3 is 0 Å². The Morgan fingerprint density at radius 3 is 2.52 bits per heavy atom. The van der Waals surface area contributed by atoms with Gasteiger partial charge in [0.1, 0.15) is 0 Å². The van der Waals surface area contributed by atoms with Crippen molar-refractivity contribution in [3.8, 4) is 11.3 Å². The van der Waals surface area contributed by atoms with Gasteiger partial charge < -0.3 is 5.32 Å². The Labute approximate surface area is 154 Å². The van der Waals surface area contributed by atoms with Crippen molar-refractivity contribution >= 4 is 26.5 Å². The molecule has 1 saturated heterocycles. The van der Waals surface area contributed by atoms with Crippen LogP contribution in [-0.4, -0.2) is 37.3 Å². The topological polar surface area (TPSA) is 62.3 Å². The molecule has 1 aromatic heterocycles. The van der Waals surface area contributed by atoms with Gasteiger partial charge in [-0.3, -0.25) is 0 Å². The minimum absolute atomic E-state index is 0.365. The monoisotopic (exact) mass is 379 g/mol. The predicted molar refractivity (Wildman–Crippen MR) is 103 cm³/mol. The van der Waals surface area contributed by atoms with E-state index in [-0.39, 0.29) is 0 Å². The number of rotatable bonds is 7. The third-order valence-corrected chi connectivity index (χ3v) is 7.07. The summed E-state index contributed by atoms with van der Waals surface area (Å²) in [6.07, 6.45) is 3.00. The van der Waals surface area contributed by atoms with E-state index < -0.39 is 10.0 Å². The molecule has 0 amide bonds. The summed E-state index contributed by atoms with van der Waals surface area (Å²) >= 11 is 1.58. The van der Waals surface area contributed by atoms with Gasteiger partial charge in [-0.25, -0.2) is 13.4 Å². The maximum atomic E-state index is 12.6. The zero-order valence-corrected chi connectivity index (χ0v) is 16.4. The highest BCUT2D eigenvalue weighted by Gasteiger charge is 2.26. The molecule has 2 heterocycles. The van der Waals surface area contributed by atoms with Gasteiger partial charge in [0.25, 0.3) is 0 Å². The van der Waals surface area contributed by atoms with Gasteiger partial charge in [0, 0.05) is 30.6 Å². The molecule has 0 unspecified atom stereocenters. The standard InChI is InChI=1S/C18H25N3O2S2/c1-14(2)9-10-19-18-20-17(13-24-18)15-5-7-16(8-6-15)25(22,23)21-11-3-4-12-21/h5-8,13-14H,3-4,9-12H2,1-2H3,(H,19,20). The van der Waals surface area contributed by atoms with E-state index in [2.05, 4.69) is 24.1 Å². The average molecular weight is 380 g/mol. The van der Waals surface area contributed by atoms with Crippen LogP contribution in [0.25, 0.3) is 11.3 Å². The lowest BCUT2D eigenvalue weighted by Crippen LogP contribution is -2.27. The fourth-order valence-electron chi connectivity index (χ4n) is 2.83. The molecule has 7 heteroatoms. The lowest BCUT2D eigenvalue weighted by molar-refractivity contribution is 0.477. The number of aromatic nitrogens is 1. The van der Waals surface area contributed by atoms with Gasteiger partial charge in [-0.05, 0) is 37.3 Å². The number of thiazole rings is 1. The largest absolute Gasteiger partial charge is 0.361 e. The van der Waals surface area contributed by atoms with Crippen LogP contribution in [-0.2, 0) is 10.0 Å². The van der Waals surface area contributed by atoms with E-state index in [1.54, 1.807) is 27.8 Å². The van der Waals surface area contributed by atoms with E-state index in [1.165, 1.54) is 0 Å². The number of sulfonamides is 1. The third kappa shape index (κ3) is 4.40. The van der Waals surface area contributed by atoms with Crippen molar-refractivity contribution in [1.82, 2.24) is 9.29 Å². The zero-order chi connectivity index (χ0) is 17.9. The zero-order valence-electron chi connectivity index (χ0n) is 14.7. The lowest BCUT2D eigenvalue weighted by atomic mass is 10.1. The van der Waals surface area contributed by atoms with Crippen LogP contribution in [0.15, 0.2) is 34.5 Å². The van der Waals surface area contributed by atoms with Crippen molar-refractivity contribution in [2.45, 2.75) is 38.0 Å². The molecule has 2 aromatic rings. The summed E-state index contributed by atoms with van der Waals surface area (Å²) in [7, 11) is -3.35. The average Bonchev–Trinajstić information content (AvgIpc) is 3.27. The number of hydrogen-bond acceptors (Lipinski definition) is 5. The molecule has 1 aliphatic rings. The molecule has 0 saturated carbocycles. The Hall–Kier alpha value is -1.44. The van der Waals surface area contributed by atoms with Crippen LogP contribution in [0, 0.1) is 5.92 Å². The maximum Gasteiger partial charge on any atom is 0.243 e. The first-order valence-electron chi connectivity index (χ1n) is 8.77. The second-order valence-corrected chi connectivity index (χ2v) is 9.58. The highest BCUT2D eigenvalue weighted by atomic mass is 32.2. The van der Waals surface area contributed by atoms with Gasteiger partial charge in [0.05, 0.1) is 10.6 Å². The molecule has 1 N–H and O–H groups in total. The summed E-state index contributed by atoms with van der Waals surface area (Å²) in [6.45, 7) is 6.57. The number of benzene rings is 1. The van der Waals surface area contributed by atoms with E-state index in [0.717, 1.165) is 42.2 Å². The molecule has 0 atom stereocenters. The summed E-state index contributed by atoms with van der Waals surface area (Å²) in [6, 6.07) is 7.06. The molecule has 5 nitrogen and oxygen atoms in total. The molecule has 1 aromatic carbocycles. The van der Waals surface area contributed by atoms with Crippen LogP contribution in [0.4, 0.5) is 5.13 Å². The van der Waals surface area contributed by atoms with E-state index in [1.807, 2.05) is 17.5 Å². The van der Waals surface area contributed by atoms with Crippen molar-refractivity contribution in [3.63, 3.8) is 0 Å². The van der Waals surface area contributed by atoms with Crippen LogP contribution < -0.4 is 5.32 Å². The molecule has 136 valence electrons. The minimum Gasteiger partial charge on any atom is -0.361 e. The normalized spacial score (nSPS) is 15.8. The first kappa shape index (κ1) is 18.4. The first-order valence-corrected chi connectivity index (χ1v) is 11.1. The summed E-state index contributed by atoms with van der Waals surface area (Å²) in [5.41, 5.74) is 1.82. The molecular formula is C18H25N3O2S2. The minimum atomic E-state index is -3.35. The first-order chi connectivity index (χ1) is 12.0. The summed E-state index contributed by atoms with van der Waals surface area (Å²) in [5, 5.41) is 6.25. The molecule has 0 radical (unpaired) electrons. The molecule has 0 spiro atoms. The van der Waals surface area contributed by atoms with Crippen LogP contribution >= 0.6 is 11.3 Å². The smallest absolute Gasteiger partial charge is 0.243 e. The van der Waals surface area contributed by atoms with Crippen LogP contribution in [0.3, 0.4) is 0 Å². The van der Waals surface area contributed by atoms with Crippen LogP contribution in [0.1, 0.15) is 33.1 Å². The highest BCUT2D eigenvalue weighted by Crippen LogP contribution is 2.27. The molecule has 1 aliphatic heterocycles. The Bertz CT molecular complexity index is 792. The summed E-state index contributed by atoms with van der Waals surface area (Å²) in [5.74, 6) is 0.664. The SMILES string of the molecule is CC(C)CCNc1nc(-c2ccc(S(=O)(=O)N3CCCC3)cc2)cs1. The summed E-state index contributed by atoms with van der Waals surface area (Å²) < 4.78 is 26.7. The molecular weight excluding hydrogens is 354 g/mol. The molecule has 3 rings (SSSR count). The van der Waals surface area contributed by atoms with Crippen molar-refractivity contribution in [2.75, 3.05) is 25.0 Å². The van der Waals surface area contributed by atoms with Gasteiger partial charge in [0.2, 0.25) is 10.0 Å². The van der Waals surface area contributed by atoms with E-state index >= 15 is 0 Å². The Balaban J connectivity index is 1.69. The molecule has 0 bridgehead atoms. The van der Waals surface area contributed by atoms with Gasteiger partial charge in [0.15, 0.2) is 5.13 Å². The van der Waals surface area contributed by atoms with E-state index in [4.69, 9.17) is 0 Å². The second-order valence-electron chi connectivity index (χ2n) is 6.78. The van der Waals surface area contributed by atoms with Gasteiger partial charge in [-0.1, -0.05) is 26.0 Å². The van der Waals surface area contributed by atoms with E-state index in [0.29, 0.717) is 23.9 Å². The third-order valence-electron chi connectivity index (χ3n) is 4.35. The highest BCUT2D eigenvalue weighted by molar-refractivity contribution is 7.89. The van der Waals surface area contributed by atoms with Gasteiger partial charge in [-0.2, -0.15) is 4.31 Å². The van der Waals surface area contributed by atoms with Crippen molar-refractivity contribution in [1.29, 1.82) is 0 Å². The second kappa shape index (κ2) is 7.85. The van der Waals surface area contributed by atoms with Crippen LogP contribution in [0.5, 0.6) is 0 Å². The number of anilines is 1.